The quantitative estimate of drug-likeness (QED) is 0.683. The molecule has 0 amide bonds. The number of nitrogens with two attached hydrogens (primary N) is 1. The summed E-state index contributed by atoms with van der Waals surface area (Å²) in [5.41, 5.74) is 7.57. The fourth-order valence-electron chi connectivity index (χ4n) is 2.03. The lowest BCUT2D eigenvalue weighted by molar-refractivity contribution is 0.265. The van der Waals surface area contributed by atoms with Gasteiger partial charge in [-0.05, 0) is 19.8 Å². The van der Waals surface area contributed by atoms with Gasteiger partial charge >= 0.3 is 0 Å². The van der Waals surface area contributed by atoms with Crippen LogP contribution in [0.25, 0.3) is 0 Å². The van der Waals surface area contributed by atoms with E-state index in [0.717, 1.165) is 13.1 Å². The fraction of sp³-hybridized carbons (Fsp3) is 0.833. The molecule has 1 rings (SSSR count). The van der Waals surface area contributed by atoms with E-state index in [1.54, 1.807) is 0 Å². The van der Waals surface area contributed by atoms with Crippen molar-refractivity contribution in [2.75, 3.05) is 19.6 Å². The van der Waals surface area contributed by atoms with Gasteiger partial charge in [-0.3, -0.25) is 4.90 Å². The average Bonchev–Trinajstić information content (AvgIpc) is 2.15. The third kappa shape index (κ3) is 4.25. The first-order chi connectivity index (χ1) is 6.72. The number of rotatable bonds is 5. The summed E-state index contributed by atoms with van der Waals surface area (Å²) in [5.74, 6) is 0. The van der Waals surface area contributed by atoms with E-state index in [4.69, 9.17) is 5.73 Å². The predicted molar refractivity (Wildman–Crippen MR) is 62.3 cm³/mol. The molecule has 14 heavy (non-hydrogen) atoms. The molecule has 0 spiro atoms. The van der Waals surface area contributed by atoms with Crippen LogP contribution < -0.4 is 5.73 Å². The van der Waals surface area contributed by atoms with Crippen LogP contribution in [-0.4, -0.2) is 30.6 Å². The van der Waals surface area contributed by atoms with Gasteiger partial charge in [0.1, 0.15) is 0 Å². The lowest BCUT2D eigenvalue weighted by Gasteiger charge is -2.28. The Morgan fingerprint density at radius 3 is 3.00 bits per heavy atom. The van der Waals surface area contributed by atoms with Gasteiger partial charge in [0, 0.05) is 25.7 Å². The van der Waals surface area contributed by atoms with Crippen LogP contribution >= 0.6 is 0 Å². The van der Waals surface area contributed by atoms with Crippen molar-refractivity contribution in [3.8, 4) is 0 Å². The van der Waals surface area contributed by atoms with Crippen molar-refractivity contribution in [1.82, 2.24) is 4.90 Å². The van der Waals surface area contributed by atoms with E-state index in [0.29, 0.717) is 6.04 Å². The minimum absolute atomic E-state index is 0.376. The standard InChI is InChI=1S/C12H24N2/c1-3-4-7-12(13)10-14-8-5-6-11(2)9-14/h6,12H,3-5,7-10,13H2,1-2H3. The summed E-state index contributed by atoms with van der Waals surface area (Å²) in [6.07, 6.45) is 7.24. The highest BCUT2D eigenvalue weighted by molar-refractivity contribution is 5.04. The summed E-state index contributed by atoms with van der Waals surface area (Å²) >= 11 is 0. The molecule has 0 aromatic carbocycles. The molecule has 2 heteroatoms. The Balaban J connectivity index is 2.20. The van der Waals surface area contributed by atoms with Crippen molar-refractivity contribution < 1.29 is 0 Å². The summed E-state index contributed by atoms with van der Waals surface area (Å²) in [7, 11) is 0. The molecule has 0 radical (unpaired) electrons. The molecule has 1 heterocycles. The predicted octanol–water partition coefficient (Wildman–Crippen LogP) is 2.16. The van der Waals surface area contributed by atoms with Gasteiger partial charge in [0.05, 0.1) is 0 Å². The molecule has 2 nitrogen and oxygen atoms in total. The maximum atomic E-state index is 6.07. The largest absolute Gasteiger partial charge is 0.327 e. The Morgan fingerprint density at radius 1 is 1.57 bits per heavy atom. The molecule has 0 aliphatic carbocycles. The minimum atomic E-state index is 0.376. The van der Waals surface area contributed by atoms with Crippen molar-refractivity contribution in [2.45, 2.75) is 45.6 Å². The summed E-state index contributed by atoms with van der Waals surface area (Å²) in [4.78, 5) is 2.48. The first-order valence-corrected chi connectivity index (χ1v) is 5.86. The van der Waals surface area contributed by atoms with Gasteiger partial charge < -0.3 is 5.73 Å². The van der Waals surface area contributed by atoms with E-state index < -0.39 is 0 Å². The van der Waals surface area contributed by atoms with Crippen molar-refractivity contribution in [3.05, 3.63) is 11.6 Å². The van der Waals surface area contributed by atoms with Gasteiger partial charge in [-0.25, -0.2) is 0 Å². The van der Waals surface area contributed by atoms with Gasteiger partial charge in [-0.1, -0.05) is 31.4 Å². The zero-order chi connectivity index (χ0) is 10.4. The van der Waals surface area contributed by atoms with E-state index in [1.165, 1.54) is 37.8 Å². The molecule has 0 aromatic rings. The monoisotopic (exact) mass is 196 g/mol. The second kappa shape index (κ2) is 6.20. The second-order valence-corrected chi connectivity index (χ2v) is 4.48. The van der Waals surface area contributed by atoms with Crippen LogP contribution in [-0.2, 0) is 0 Å². The highest BCUT2D eigenvalue weighted by Gasteiger charge is 2.12. The molecule has 0 bridgehead atoms. The molecule has 0 saturated heterocycles. The number of hydrogen-bond acceptors (Lipinski definition) is 2. The van der Waals surface area contributed by atoms with Gasteiger partial charge in [-0.15, -0.1) is 0 Å². The second-order valence-electron chi connectivity index (χ2n) is 4.48. The molecule has 0 saturated carbocycles. The van der Waals surface area contributed by atoms with E-state index in [1.807, 2.05) is 0 Å². The minimum Gasteiger partial charge on any atom is -0.327 e. The Bertz CT molecular complexity index is 187. The third-order valence-electron chi connectivity index (χ3n) is 2.83. The number of nitrogens with zero attached hydrogens (tertiary/aromatic N) is 1. The summed E-state index contributed by atoms with van der Waals surface area (Å²) in [6, 6.07) is 0.376. The van der Waals surface area contributed by atoms with E-state index in [-0.39, 0.29) is 0 Å². The summed E-state index contributed by atoms with van der Waals surface area (Å²) in [6.45, 7) is 7.83. The molecule has 1 aliphatic rings. The Labute approximate surface area is 88.2 Å². The molecule has 1 aliphatic heterocycles. The van der Waals surface area contributed by atoms with Crippen molar-refractivity contribution in [2.24, 2.45) is 5.73 Å². The summed E-state index contributed by atoms with van der Waals surface area (Å²) < 4.78 is 0. The third-order valence-corrected chi connectivity index (χ3v) is 2.83. The molecule has 1 unspecified atom stereocenters. The normalized spacial score (nSPS) is 20.6. The van der Waals surface area contributed by atoms with Crippen LogP contribution in [0, 0.1) is 0 Å². The summed E-state index contributed by atoms with van der Waals surface area (Å²) in [5, 5.41) is 0. The number of hydrogen-bond donors (Lipinski definition) is 1. The zero-order valence-electron chi connectivity index (χ0n) is 9.63. The molecule has 0 fully saturated rings. The van der Waals surface area contributed by atoms with Crippen LogP contribution in [0.2, 0.25) is 0 Å². The van der Waals surface area contributed by atoms with Crippen molar-refractivity contribution in [3.63, 3.8) is 0 Å². The zero-order valence-corrected chi connectivity index (χ0v) is 9.63. The Kier molecular flexibility index (Phi) is 5.20. The van der Waals surface area contributed by atoms with E-state index >= 15 is 0 Å². The highest BCUT2D eigenvalue weighted by Crippen LogP contribution is 2.10. The van der Waals surface area contributed by atoms with E-state index in [2.05, 4.69) is 24.8 Å². The lowest BCUT2D eigenvalue weighted by atomic mass is 10.1. The van der Waals surface area contributed by atoms with Crippen molar-refractivity contribution >= 4 is 0 Å². The van der Waals surface area contributed by atoms with Gasteiger partial charge in [0.25, 0.3) is 0 Å². The average molecular weight is 196 g/mol. The Morgan fingerprint density at radius 2 is 2.36 bits per heavy atom. The fourth-order valence-corrected chi connectivity index (χ4v) is 2.03. The maximum Gasteiger partial charge on any atom is 0.0190 e. The molecular weight excluding hydrogens is 172 g/mol. The van der Waals surface area contributed by atoms with Gasteiger partial charge in [-0.2, -0.15) is 0 Å². The van der Waals surface area contributed by atoms with Crippen LogP contribution in [0.1, 0.15) is 39.5 Å². The molecule has 2 N–H and O–H groups in total. The molecule has 82 valence electrons. The molecule has 0 aromatic heterocycles. The van der Waals surface area contributed by atoms with Crippen LogP contribution in [0.3, 0.4) is 0 Å². The SMILES string of the molecule is CCCCC(N)CN1CCC=C(C)C1. The van der Waals surface area contributed by atoms with E-state index in [9.17, 15) is 0 Å². The molecule has 1 atom stereocenters. The van der Waals surface area contributed by atoms with Gasteiger partial charge in [0.2, 0.25) is 0 Å². The Hall–Kier alpha value is -0.340. The first-order valence-electron chi connectivity index (χ1n) is 5.86. The highest BCUT2D eigenvalue weighted by atomic mass is 15.1. The maximum absolute atomic E-state index is 6.07. The smallest absolute Gasteiger partial charge is 0.0190 e. The van der Waals surface area contributed by atoms with Crippen molar-refractivity contribution in [1.29, 1.82) is 0 Å². The first kappa shape index (κ1) is 11.7. The topological polar surface area (TPSA) is 29.3 Å². The van der Waals surface area contributed by atoms with Crippen LogP contribution in [0.15, 0.2) is 11.6 Å². The van der Waals surface area contributed by atoms with Crippen LogP contribution in [0.4, 0.5) is 0 Å². The molecular formula is C12H24N2. The lowest BCUT2D eigenvalue weighted by Crippen LogP contribution is -2.40. The van der Waals surface area contributed by atoms with Gasteiger partial charge in [0.15, 0.2) is 0 Å². The number of unbranched alkanes of at least 4 members (excludes halogenated alkanes) is 1. The van der Waals surface area contributed by atoms with Crippen LogP contribution in [0.5, 0.6) is 0 Å².